The molecule has 0 aliphatic heterocycles. The van der Waals surface area contributed by atoms with E-state index in [1.54, 1.807) is 6.20 Å². The van der Waals surface area contributed by atoms with E-state index in [0.29, 0.717) is 6.04 Å². The fraction of sp³-hybridized carbons (Fsp3) is 0.286. The van der Waals surface area contributed by atoms with Gasteiger partial charge >= 0.3 is 0 Å². The van der Waals surface area contributed by atoms with E-state index in [0.717, 1.165) is 17.7 Å². The molecule has 0 unspecified atom stereocenters. The minimum absolute atomic E-state index is 0.483. The van der Waals surface area contributed by atoms with Gasteiger partial charge in [0.1, 0.15) is 0 Å². The van der Waals surface area contributed by atoms with Crippen LogP contribution >= 0.6 is 0 Å². The predicted molar refractivity (Wildman–Crippen MR) is 69.4 cm³/mol. The molecule has 3 nitrogen and oxygen atoms in total. The summed E-state index contributed by atoms with van der Waals surface area (Å²) in [6, 6.07) is 6.62. The molecule has 0 amide bonds. The minimum Gasteiger partial charge on any atom is -0.310 e. The van der Waals surface area contributed by atoms with Gasteiger partial charge in [0.2, 0.25) is 0 Å². The number of nitrogens with zero attached hydrogens (tertiary/aromatic N) is 2. The van der Waals surface area contributed by atoms with Crippen LogP contribution < -0.4 is 5.32 Å². The normalized spacial score (nSPS) is 10.8. The summed E-state index contributed by atoms with van der Waals surface area (Å²) < 4.78 is 0. The first-order valence-corrected chi connectivity index (χ1v) is 5.83. The van der Waals surface area contributed by atoms with E-state index in [1.807, 2.05) is 30.7 Å². The molecule has 2 aromatic rings. The van der Waals surface area contributed by atoms with Gasteiger partial charge in [-0.2, -0.15) is 0 Å². The van der Waals surface area contributed by atoms with Gasteiger partial charge in [-0.15, -0.1) is 0 Å². The minimum atomic E-state index is 0.483. The van der Waals surface area contributed by atoms with Crippen LogP contribution in [0.3, 0.4) is 0 Å². The van der Waals surface area contributed by atoms with E-state index in [9.17, 15) is 0 Å². The lowest BCUT2D eigenvalue weighted by Crippen LogP contribution is -2.21. The summed E-state index contributed by atoms with van der Waals surface area (Å²) in [6.07, 6.45) is 7.41. The Bertz CT molecular complexity index is 466. The van der Waals surface area contributed by atoms with E-state index in [2.05, 4.69) is 35.2 Å². The van der Waals surface area contributed by atoms with E-state index in [1.165, 1.54) is 5.56 Å². The predicted octanol–water partition coefficient (Wildman–Crippen LogP) is 2.64. The molecule has 0 saturated carbocycles. The molecule has 0 aliphatic rings. The summed E-state index contributed by atoms with van der Waals surface area (Å²) in [4.78, 5) is 8.39. The highest BCUT2D eigenvalue weighted by Crippen LogP contribution is 2.17. The number of hydrogen-bond donors (Lipinski definition) is 1. The van der Waals surface area contributed by atoms with Gasteiger partial charge in [0.25, 0.3) is 0 Å². The summed E-state index contributed by atoms with van der Waals surface area (Å²) in [6.45, 7) is 5.12. The summed E-state index contributed by atoms with van der Waals surface area (Å²) >= 11 is 0. The number of pyridine rings is 2. The number of aromatic nitrogens is 2. The van der Waals surface area contributed by atoms with E-state index in [-0.39, 0.29) is 0 Å². The zero-order chi connectivity index (χ0) is 12.1. The van der Waals surface area contributed by atoms with Gasteiger partial charge in [-0.1, -0.05) is 19.9 Å². The average molecular weight is 227 g/mol. The molecule has 0 saturated heterocycles. The molecule has 0 radical (unpaired) electrons. The Morgan fingerprint density at radius 1 is 1.12 bits per heavy atom. The van der Waals surface area contributed by atoms with Gasteiger partial charge in [-0.05, 0) is 17.7 Å². The van der Waals surface area contributed by atoms with Crippen LogP contribution in [0.5, 0.6) is 0 Å². The summed E-state index contributed by atoms with van der Waals surface area (Å²) in [5.74, 6) is 0. The third kappa shape index (κ3) is 3.36. The lowest BCUT2D eigenvalue weighted by molar-refractivity contribution is 0.588. The zero-order valence-electron chi connectivity index (χ0n) is 10.2. The van der Waals surface area contributed by atoms with Crippen molar-refractivity contribution in [3.05, 3.63) is 48.5 Å². The average Bonchev–Trinajstić information content (AvgIpc) is 2.38. The Labute approximate surface area is 102 Å². The Balaban J connectivity index is 2.17. The second kappa shape index (κ2) is 5.55. The van der Waals surface area contributed by atoms with Gasteiger partial charge in [-0.3, -0.25) is 9.97 Å². The van der Waals surface area contributed by atoms with Gasteiger partial charge in [0.05, 0.1) is 0 Å². The molecular formula is C14H17N3. The fourth-order valence-corrected chi connectivity index (χ4v) is 1.60. The van der Waals surface area contributed by atoms with Crippen molar-refractivity contribution in [3.63, 3.8) is 0 Å². The number of rotatable bonds is 4. The molecule has 0 bridgehead atoms. The summed E-state index contributed by atoms with van der Waals surface area (Å²) in [5.41, 5.74) is 3.41. The van der Waals surface area contributed by atoms with Crippen molar-refractivity contribution in [3.8, 4) is 11.1 Å². The maximum absolute atomic E-state index is 4.27. The maximum atomic E-state index is 4.27. The highest BCUT2D eigenvalue weighted by atomic mass is 14.9. The lowest BCUT2D eigenvalue weighted by Gasteiger charge is -2.08. The Morgan fingerprint density at radius 2 is 1.94 bits per heavy atom. The topological polar surface area (TPSA) is 37.8 Å². The van der Waals surface area contributed by atoms with Crippen LogP contribution in [0.25, 0.3) is 11.1 Å². The smallest absolute Gasteiger partial charge is 0.0347 e. The molecule has 2 heterocycles. The third-order valence-electron chi connectivity index (χ3n) is 2.50. The standard InChI is InChI=1S/C14H17N3/c1-11(2)17-8-12-6-14(10-16-7-12)13-4-3-5-15-9-13/h3-7,9-11,17H,8H2,1-2H3. The number of hydrogen-bond acceptors (Lipinski definition) is 3. The first kappa shape index (κ1) is 11.7. The Kier molecular flexibility index (Phi) is 3.83. The van der Waals surface area contributed by atoms with Gasteiger partial charge < -0.3 is 5.32 Å². The van der Waals surface area contributed by atoms with E-state index >= 15 is 0 Å². The number of nitrogens with one attached hydrogen (secondary N) is 1. The highest BCUT2D eigenvalue weighted by Gasteiger charge is 2.00. The van der Waals surface area contributed by atoms with Gasteiger partial charge in [0.15, 0.2) is 0 Å². The fourth-order valence-electron chi connectivity index (χ4n) is 1.60. The lowest BCUT2D eigenvalue weighted by atomic mass is 10.1. The van der Waals surface area contributed by atoms with Crippen molar-refractivity contribution in [2.75, 3.05) is 0 Å². The molecule has 0 aromatic carbocycles. The van der Waals surface area contributed by atoms with Crippen molar-refractivity contribution in [1.29, 1.82) is 0 Å². The van der Waals surface area contributed by atoms with Crippen LogP contribution in [-0.2, 0) is 6.54 Å². The van der Waals surface area contributed by atoms with Crippen molar-refractivity contribution >= 4 is 0 Å². The molecule has 17 heavy (non-hydrogen) atoms. The summed E-state index contributed by atoms with van der Waals surface area (Å²) in [5, 5.41) is 3.38. The van der Waals surface area contributed by atoms with Gasteiger partial charge in [-0.25, -0.2) is 0 Å². The molecule has 88 valence electrons. The molecule has 1 N–H and O–H groups in total. The first-order chi connectivity index (χ1) is 8.25. The molecule has 3 heteroatoms. The first-order valence-electron chi connectivity index (χ1n) is 5.83. The second-order valence-electron chi connectivity index (χ2n) is 4.36. The SMILES string of the molecule is CC(C)NCc1cncc(-c2cccnc2)c1. The maximum Gasteiger partial charge on any atom is 0.0347 e. The molecule has 2 aromatic heterocycles. The Morgan fingerprint density at radius 3 is 2.65 bits per heavy atom. The Hall–Kier alpha value is -1.74. The van der Waals surface area contributed by atoms with Crippen LogP contribution in [0.1, 0.15) is 19.4 Å². The molecule has 0 aliphatic carbocycles. The quantitative estimate of drug-likeness (QED) is 0.872. The van der Waals surface area contributed by atoms with Crippen molar-refractivity contribution in [2.45, 2.75) is 26.4 Å². The third-order valence-corrected chi connectivity index (χ3v) is 2.50. The van der Waals surface area contributed by atoms with E-state index in [4.69, 9.17) is 0 Å². The van der Waals surface area contributed by atoms with Crippen molar-refractivity contribution in [1.82, 2.24) is 15.3 Å². The van der Waals surface area contributed by atoms with Crippen LogP contribution in [-0.4, -0.2) is 16.0 Å². The van der Waals surface area contributed by atoms with Crippen LogP contribution in [0, 0.1) is 0 Å². The summed E-state index contributed by atoms with van der Waals surface area (Å²) in [7, 11) is 0. The monoisotopic (exact) mass is 227 g/mol. The molecule has 0 atom stereocenters. The molecule has 2 rings (SSSR count). The largest absolute Gasteiger partial charge is 0.310 e. The van der Waals surface area contributed by atoms with Gasteiger partial charge in [0, 0.05) is 48.5 Å². The second-order valence-corrected chi connectivity index (χ2v) is 4.36. The molecule has 0 fully saturated rings. The van der Waals surface area contributed by atoms with Crippen LogP contribution in [0.15, 0.2) is 43.0 Å². The van der Waals surface area contributed by atoms with Crippen LogP contribution in [0.2, 0.25) is 0 Å². The van der Waals surface area contributed by atoms with Crippen LogP contribution in [0.4, 0.5) is 0 Å². The molecular weight excluding hydrogens is 210 g/mol. The van der Waals surface area contributed by atoms with Crippen molar-refractivity contribution < 1.29 is 0 Å². The van der Waals surface area contributed by atoms with Crippen molar-refractivity contribution in [2.24, 2.45) is 0 Å². The zero-order valence-corrected chi connectivity index (χ0v) is 10.2. The molecule has 0 spiro atoms. The van der Waals surface area contributed by atoms with E-state index < -0.39 is 0 Å². The highest BCUT2D eigenvalue weighted by molar-refractivity contribution is 5.61.